The first kappa shape index (κ1) is 25.4. The minimum atomic E-state index is -0.278. The highest BCUT2D eigenvalue weighted by molar-refractivity contribution is 5.71. The molecule has 2 saturated heterocycles. The van der Waals surface area contributed by atoms with Crippen LogP contribution < -0.4 is 15.0 Å². The van der Waals surface area contributed by atoms with Crippen LogP contribution in [-0.2, 0) is 29.2 Å². The summed E-state index contributed by atoms with van der Waals surface area (Å²) in [6.07, 6.45) is 2.64. The van der Waals surface area contributed by atoms with Crippen LogP contribution in [0.1, 0.15) is 36.1 Å². The summed E-state index contributed by atoms with van der Waals surface area (Å²) in [7, 11) is 2.13. The molecule has 0 bridgehead atoms. The molecule has 1 aromatic carbocycles. The molecule has 1 N–H and O–H groups in total. The Morgan fingerprint density at radius 2 is 2.03 bits per heavy atom. The molecule has 4 heterocycles. The number of likely N-dealkylation sites (tertiary alicyclic amines) is 1. The molecule has 0 aliphatic carbocycles. The van der Waals surface area contributed by atoms with Gasteiger partial charge in [-0.15, -0.1) is 0 Å². The van der Waals surface area contributed by atoms with Gasteiger partial charge < -0.3 is 24.6 Å². The van der Waals surface area contributed by atoms with Crippen molar-refractivity contribution in [2.45, 2.75) is 51.0 Å². The van der Waals surface area contributed by atoms with E-state index in [2.05, 4.69) is 38.1 Å². The van der Waals surface area contributed by atoms with Crippen LogP contribution >= 0.6 is 0 Å². The van der Waals surface area contributed by atoms with Gasteiger partial charge in [0.25, 0.3) is 0 Å². The number of carbonyl (C=O) groups is 1. The Labute approximate surface area is 218 Å². The van der Waals surface area contributed by atoms with Gasteiger partial charge in [-0.05, 0) is 32.0 Å². The molecule has 0 radical (unpaired) electrons. The van der Waals surface area contributed by atoms with Crippen molar-refractivity contribution in [3.63, 3.8) is 0 Å². The second-order valence-corrected chi connectivity index (χ2v) is 10.0. The summed E-state index contributed by atoms with van der Waals surface area (Å²) >= 11 is 0. The fourth-order valence-corrected chi connectivity index (χ4v) is 5.36. The van der Waals surface area contributed by atoms with Crippen molar-refractivity contribution >= 4 is 11.8 Å². The summed E-state index contributed by atoms with van der Waals surface area (Å²) in [6, 6.07) is 12.7. The van der Waals surface area contributed by atoms with E-state index in [4.69, 9.17) is 14.5 Å². The molecule has 5 rings (SSSR count). The number of ether oxygens (including phenoxy) is 2. The molecule has 1 aromatic heterocycles. The standard InChI is InChI=1S/C27H35N7O3/c1-32-11-5-8-22(32)19-37-27-30-24-15-29-14-23(24)26(31-27)34-13-12-33(21(16-34)9-10-28)17-25(35)36-18-20-6-3-2-4-7-20/h2-4,6-7,21-22,29H,5,8-9,11-19H2,1H3/t21-,22-/m0/s1. The first-order valence-electron chi connectivity index (χ1n) is 13.1. The van der Waals surface area contributed by atoms with Crippen molar-refractivity contribution in [1.29, 1.82) is 5.26 Å². The number of benzene rings is 1. The molecule has 10 nitrogen and oxygen atoms in total. The summed E-state index contributed by atoms with van der Waals surface area (Å²) in [4.78, 5) is 28.7. The van der Waals surface area contributed by atoms with Gasteiger partial charge >= 0.3 is 12.0 Å². The zero-order valence-corrected chi connectivity index (χ0v) is 21.4. The van der Waals surface area contributed by atoms with Gasteiger partial charge in [0.2, 0.25) is 0 Å². The van der Waals surface area contributed by atoms with Gasteiger partial charge in [0.1, 0.15) is 19.0 Å². The molecule has 0 spiro atoms. The second-order valence-electron chi connectivity index (χ2n) is 10.0. The number of piperazine rings is 1. The monoisotopic (exact) mass is 505 g/mol. The Bertz CT molecular complexity index is 1120. The van der Waals surface area contributed by atoms with Crippen LogP contribution in [-0.4, -0.2) is 84.2 Å². The first-order chi connectivity index (χ1) is 18.1. The molecule has 2 aromatic rings. The van der Waals surface area contributed by atoms with Gasteiger partial charge in [-0.25, -0.2) is 0 Å². The molecule has 2 atom stereocenters. The van der Waals surface area contributed by atoms with Crippen molar-refractivity contribution < 1.29 is 14.3 Å². The Hall–Kier alpha value is -3.26. The Morgan fingerprint density at radius 3 is 2.81 bits per heavy atom. The highest BCUT2D eigenvalue weighted by Crippen LogP contribution is 2.29. The summed E-state index contributed by atoms with van der Waals surface area (Å²) in [5, 5.41) is 12.9. The Balaban J connectivity index is 1.24. The zero-order valence-electron chi connectivity index (χ0n) is 21.4. The molecule has 0 amide bonds. The lowest BCUT2D eigenvalue weighted by Gasteiger charge is -2.41. The maximum atomic E-state index is 12.6. The number of nitrogens with one attached hydrogen (secondary N) is 1. The van der Waals surface area contributed by atoms with E-state index in [1.54, 1.807) is 0 Å². The first-order valence-corrected chi connectivity index (χ1v) is 13.1. The van der Waals surface area contributed by atoms with E-state index in [1.165, 1.54) is 6.42 Å². The highest BCUT2D eigenvalue weighted by Gasteiger charge is 2.32. The molecule has 0 unspecified atom stereocenters. The number of nitriles is 1. The van der Waals surface area contributed by atoms with Gasteiger partial charge in [-0.3, -0.25) is 9.69 Å². The van der Waals surface area contributed by atoms with Crippen LogP contribution in [0.25, 0.3) is 0 Å². The van der Waals surface area contributed by atoms with E-state index in [0.717, 1.165) is 35.6 Å². The highest BCUT2D eigenvalue weighted by atomic mass is 16.5. The number of rotatable bonds is 9. The molecule has 2 fully saturated rings. The Kier molecular flexibility index (Phi) is 8.14. The van der Waals surface area contributed by atoms with Crippen LogP contribution in [0.5, 0.6) is 6.01 Å². The number of anilines is 1. The summed E-state index contributed by atoms with van der Waals surface area (Å²) < 4.78 is 11.6. The van der Waals surface area contributed by atoms with Crippen LogP contribution in [0.4, 0.5) is 5.82 Å². The predicted molar refractivity (Wildman–Crippen MR) is 138 cm³/mol. The number of hydrogen-bond donors (Lipinski definition) is 1. The van der Waals surface area contributed by atoms with Crippen molar-refractivity contribution in [2.75, 3.05) is 51.3 Å². The van der Waals surface area contributed by atoms with Gasteiger partial charge in [0.05, 0.1) is 24.7 Å². The fraction of sp³-hybridized carbons (Fsp3) is 0.556. The normalized spacial score (nSPS) is 22.0. The average Bonchev–Trinajstić information content (AvgIpc) is 3.56. The number of fused-ring (bicyclic) bond motifs is 1. The lowest BCUT2D eigenvalue weighted by molar-refractivity contribution is -0.147. The lowest BCUT2D eigenvalue weighted by atomic mass is 10.1. The van der Waals surface area contributed by atoms with Gasteiger partial charge in [-0.1, -0.05) is 30.3 Å². The van der Waals surface area contributed by atoms with Crippen molar-refractivity contribution in [1.82, 2.24) is 25.1 Å². The lowest BCUT2D eigenvalue weighted by Crippen LogP contribution is -2.55. The molecular weight excluding hydrogens is 470 g/mol. The van der Waals surface area contributed by atoms with Crippen LogP contribution in [0.3, 0.4) is 0 Å². The number of nitrogens with zero attached hydrogens (tertiary/aromatic N) is 6. The molecule has 37 heavy (non-hydrogen) atoms. The number of aromatic nitrogens is 2. The number of esters is 1. The quantitative estimate of drug-likeness (QED) is 0.506. The SMILES string of the molecule is CN1CCC[C@H]1COc1nc2c(c(N3CCN(CC(=O)OCc4ccccc4)[C@@H](CC#N)C3)n1)CNC2. The van der Waals surface area contributed by atoms with E-state index in [-0.39, 0.29) is 25.2 Å². The summed E-state index contributed by atoms with van der Waals surface area (Å²) in [5.41, 5.74) is 3.03. The molecule has 0 saturated carbocycles. The summed E-state index contributed by atoms with van der Waals surface area (Å²) in [5.74, 6) is 0.596. The smallest absolute Gasteiger partial charge is 0.320 e. The van der Waals surface area contributed by atoms with E-state index in [9.17, 15) is 10.1 Å². The average molecular weight is 506 g/mol. The largest absolute Gasteiger partial charge is 0.462 e. The third-order valence-corrected chi connectivity index (χ3v) is 7.53. The zero-order chi connectivity index (χ0) is 25.6. The van der Waals surface area contributed by atoms with Gasteiger partial charge in [-0.2, -0.15) is 15.2 Å². The molecule has 10 heteroatoms. The van der Waals surface area contributed by atoms with E-state index in [0.29, 0.717) is 57.8 Å². The van der Waals surface area contributed by atoms with Crippen LogP contribution in [0, 0.1) is 11.3 Å². The Morgan fingerprint density at radius 1 is 1.16 bits per heavy atom. The molecular formula is C27H35N7O3. The third kappa shape index (κ3) is 6.18. The summed E-state index contributed by atoms with van der Waals surface area (Å²) in [6.45, 7) is 5.45. The van der Waals surface area contributed by atoms with E-state index in [1.807, 2.05) is 30.3 Å². The fourth-order valence-electron chi connectivity index (χ4n) is 5.36. The third-order valence-electron chi connectivity index (χ3n) is 7.53. The second kappa shape index (κ2) is 11.9. The molecule has 3 aliphatic rings. The minimum absolute atomic E-state index is 0.0977. The van der Waals surface area contributed by atoms with E-state index >= 15 is 0 Å². The van der Waals surface area contributed by atoms with Crippen molar-refractivity contribution in [3.8, 4) is 12.1 Å². The molecule has 196 valence electrons. The topological polar surface area (TPSA) is 107 Å². The molecule has 3 aliphatic heterocycles. The van der Waals surface area contributed by atoms with Gasteiger partial charge in [0, 0.05) is 50.4 Å². The number of carbonyl (C=O) groups excluding carboxylic acids is 1. The van der Waals surface area contributed by atoms with Crippen LogP contribution in [0.15, 0.2) is 30.3 Å². The van der Waals surface area contributed by atoms with Crippen molar-refractivity contribution in [3.05, 3.63) is 47.2 Å². The maximum absolute atomic E-state index is 12.6. The van der Waals surface area contributed by atoms with Crippen LogP contribution in [0.2, 0.25) is 0 Å². The van der Waals surface area contributed by atoms with Crippen molar-refractivity contribution in [2.24, 2.45) is 0 Å². The number of likely N-dealkylation sites (N-methyl/N-ethyl adjacent to an activating group) is 1. The minimum Gasteiger partial charge on any atom is -0.462 e. The van der Waals surface area contributed by atoms with E-state index < -0.39 is 0 Å². The maximum Gasteiger partial charge on any atom is 0.320 e. The predicted octanol–water partition coefficient (Wildman–Crippen LogP) is 1.70. The number of hydrogen-bond acceptors (Lipinski definition) is 10. The van der Waals surface area contributed by atoms with Gasteiger partial charge in [0.15, 0.2) is 0 Å².